The Morgan fingerprint density at radius 2 is 1.88 bits per heavy atom. The molecule has 2 heterocycles. The number of anilines is 1. The third kappa shape index (κ3) is 4.46. The fourth-order valence-corrected chi connectivity index (χ4v) is 3.28. The Bertz CT molecular complexity index is 1460. The van der Waals surface area contributed by atoms with Crippen molar-refractivity contribution in [2.45, 2.75) is 6.54 Å². The molecular formula is C22H17N5O6. The predicted molar refractivity (Wildman–Crippen MR) is 117 cm³/mol. The number of carbonyl (C=O) groups excluding carboxylic acids is 2. The molecule has 0 aliphatic heterocycles. The number of amides is 1. The van der Waals surface area contributed by atoms with E-state index in [1.165, 1.54) is 15.1 Å². The zero-order valence-electron chi connectivity index (χ0n) is 17.3. The molecule has 2 aromatic carbocycles. The number of non-ortho nitro benzene ring substituents is 1. The van der Waals surface area contributed by atoms with Gasteiger partial charge < -0.3 is 10.1 Å². The smallest absolute Gasteiger partial charge is 0.350 e. The van der Waals surface area contributed by atoms with Gasteiger partial charge >= 0.3 is 11.7 Å². The number of nitro groups is 1. The Hall–Kier alpha value is -4.80. The van der Waals surface area contributed by atoms with Gasteiger partial charge in [0.05, 0.1) is 24.1 Å². The number of aromatic nitrogens is 3. The second-order valence-corrected chi connectivity index (χ2v) is 7.04. The van der Waals surface area contributed by atoms with Gasteiger partial charge in [0.2, 0.25) is 0 Å². The van der Waals surface area contributed by atoms with Gasteiger partial charge in [0.25, 0.3) is 11.6 Å². The van der Waals surface area contributed by atoms with Crippen LogP contribution in [-0.2, 0) is 11.3 Å². The first-order valence-electron chi connectivity index (χ1n) is 9.68. The summed E-state index contributed by atoms with van der Waals surface area (Å²) in [6.07, 6.45) is 1.62. The molecule has 0 aliphatic rings. The summed E-state index contributed by atoms with van der Waals surface area (Å²) in [6, 6.07) is 15.3. The van der Waals surface area contributed by atoms with E-state index in [0.29, 0.717) is 16.9 Å². The number of carbonyl (C=O) groups is 2. The van der Waals surface area contributed by atoms with Crippen LogP contribution in [0.5, 0.6) is 0 Å². The van der Waals surface area contributed by atoms with Crippen molar-refractivity contribution in [2.75, 3.05) is 12.4 Å². The van der Waals surface area contributed by atoms with E-state index in [1.54, 1.807) is 48.7 Å². The van der Waals surface area contributed by atoms with Crippen molar-refractivity contribution in [2.24, 2.45) is 0 Å². The van der Waals surface area contributed by atoms with Crippen molar-refractivity contribution in [3.8, 4) is 0 Å². The fourth-order valence-electron chi connectivity index (χ4n) is 3.28. The van der Waals surface area contributed by atoms with E-state index in [9.17, 15) is 24.5 Å². The maximum Gasteiger partial charge on any atom is 0.350 e. The number of fused-ring (bicyclic) bond motifs is 1. The molecule has 166 valence electrons. The lowest BCUT2D eigenvalue weighted by molar-refractivity contribution is -0.384. The second kappa shape index (κ2) is 8.75. The zero-order valence-corrected chi connectivity index (χ0v) is 17.3. The highest BCUT2D eigenvalue weighted by Gasteiger charge is 2.18. The fraction of sp³-hybridized carbons (Fsp3) is 0.0909. The minimum absolute atomic E-state index is 0.0772. The number of benzene rings is 2. The van der Waals surface area contributed by atoms with E-state index >= 15 is 0 Å². The van der Waals surface area contributed by atoms with E-state index in [1.807, 2.05) is 0 Å². The summed E-state index contributed by atoms with van der Waals surface area (Å²) in [4.78, 5) is 47.5. The Labute approximate surface area is 186 Å². The van der Waals surface area contributed by atoms with Crippen LogP contribution in [0.1, 0.15) is 26.3 Å². The number of nitro benzene ring substituents is 1. The summed E-state index contributed by atoms with van der Waals surface area (Å²) >= 11 is 0. The van der Waals surface area contributed by atoms with Crippen molar-refractivity contribution in [3.63, 3.8) is 0 Å². The lowest BCUT2D eigenvalue weighted by atomic mass is 10.1. The molecule has 1 N–H and O–H groups in total. The first kappa shape index (κ1) is 21.4. The first-order valence-corrected chi connectivity index (χ1v) is 9.68. The molecule has 4 rings (SSSR count). The van der Waals surface area contributed by atoms with E-state index in [4.69, 9.17) is 0 Å². The number of nitrogens with one attached hydrogen (secondary N) is 1. The van der Waals surface area contributed by atoms with Crippen molar-refractivity contribution in [1.82, 2.24) is 14.2 Å². The first-order chi connectivity index (χ1) is 15.9. The molecule has 33 heavy (non-hydrogen) atoms. The monoisotopic (exact) mass is 447 g/mol. The van der Waals surface area contributed by atoms with Crippen LogP contribution in [0.15, 0.2) is 71.7 Å². The molecule has 2 aromatic heterocycles. The lowest BCUT2D eigenvalue weighted by Gasteiger charge is -2.09. The average molecular weight is 447 g/mol. The predicted octanol–water partition coefficient (Wildman–Crippen LogP) is 2.49. The minimum atomic E-state index is -0.798. The highest BCUT2D eigenvalue weighted by molar-refractivity contribution is 6.06. The van der Waals surface area contributed by atoms with Gasteiger partial charge in [0, 0.05) is 29.6 Å². The van der Waals surface area contributed by atoms with Crippen molar-refractivity contribution in [3.05, 3.63) is 104 Å². The molecule has 11 heteroatoms. The van der Waals surface area contributed by atoms with Crippen molar-refractivity contribution >= 4 is 28.9 Å². The van der Waals surface area contributed by atoms with Crippen LogP contribution >= 0.6 is 0 Å². The van der Waals surface area contributed by atoms with Gasteiger partial charge in [-0.1, -0.05) is 18.2 Å². The zero-order chi connectivity index (χ0) is 23.5. The van der Waals surface area contributed by atoms with Gasteiger partial charge in [-0.05, 0) is 35.9 Å². The number of hydrogen-bond donors (Lipinski definition) is 1. The van der Waals surface area contributed by atoms with Gasteiger partial charge in [-0.3, -0.25) is 19.3 Å². The number of ether oxygens (including phenoxy) is 1. The molecule has 0 spiro atoms. The van der Waals surface area contributed by atoms with Crippen molar-refractivity contribution < 1.29 is 19.2 Å². The van der Waals surface area contributed by atoms with Gasteiger partial charge in [0.15, 0.2) is 5.65 Å². The summed E-state index contributed by atoms with van der Waals surface area (Å²) in [5.74, 6) is -1.45. The molecule has 0 bridgehead atoms. The summed E-state index contributed by atoms with van der Waals surface area (Å²) in [7, 11) is 1.14. The molecule has 11 nitrogen and oxygen atoms in total. The van der Waals surface area contributed by atoms with E-state index in [2.05, 4.69) is 15.2 Å². The number of pyridine rings is 1. The number of nitrogens with zero attached hydrogens (tertiary/aromatic N) is 4. The molecule has 0 fully saturated rings. The van der Waals surface area contributed by atoms with Crippen LogP contribution in [0.4, 0.5) is 11.4 Å². The highest BCUT2D eigenvalue weighted by atomic mass is 16.6. The van der Waals surface area contributed by atoms with Crippen LogP contribution in [0, 0.1) is 10.1 Å². The Morgan fingerprint density at radius 3 is 2.61 bits per heavy atom. The number of esters is 1. The molecule has 4 aromatic rings. The van der Waals surface area contributed by atoms with E-state index in [0.717, 1.165) is 19.2 Å². The normalized spacial score (nSPS) is 10.7. The molecule has 1 amide bonds. The highest BCUT2D eigenvalue weighted by Crippen LogP contribution is 2.20. The third-order valence-electron chi connectivity index (χ3n) is 4.82. The summed E-state index contributed by atoms with van der Waals surface area (Å²) in [6.45, 7) is 0.174. The number of methoxy groups -OCH3 is 1. The third-order valence-corrected chi connectivity index (χ3v) is 4.82. The van der Waals surface area contributed by atoms with Crippen LogP contribution in [-0.4, -0.2) is 38.1 Å². The minimum Gasteiger partial charge on any atom is -0.465 e. The molecule has 0 radical (unpaired) electrons. The molecule has 0 saturated carbocycles. The molecule has 0 aliphatic carbocycles. The quantitative estimate of drug-likeness (QED) is 0.272. The molecule has 0 atom stereocenters. The van der Waals surface area contributed by atoms with Crippen molar-refractivity contribution in [1.29, 1.82) is 0 Å². The summed E-state index contributed by atoms with van der Waals surface area (Å²) in [5, 5.41) is 18.1. The SMILES string of the molecule is COC(=O)c1cc(C(=O)Nc2cccc(Cn3nc4ccccn4c3=O)c2)cc([N+](=O)[O-])c1. The average Bonchev–Trinajstić information content (AvgIpc) is 3.13. The van der Waals surface area contributed by atoms with Gasteiger partial charge in [-0.2, -0.15) is 0 Å². The largest absolute Gasteiger partial charge is 0.465 e. The van der Waals surface area contributed by atoms with Gasteiger partial charge in [0.1, 0.15) is 0 Å². The topological polar surface area (TPSA) is 138 Å². The van der Waals surface area contributed by atoms with Gasteiger partial charge in [-0.25, -0.2) is 14.3 Å². The number of rotatable bonds is 6. The molecule has 0 saturated heterocycles. The molecule has 0 unspecified atom stereocenters. The summed E-state index contributed by atoms with van der Waals surface area (Å²) in [5.41, 5.74) is 0.713. The van der Waals surface area contributed by atoms with Crippen LogP contribution < -0.4 is 11.0 Å². The maximum absolute atomic E-state index is 12.7. The van der Waals surface area contributed by atoms with Crippen LogP contribution in [0.25, 0.3) is 5.65 Å². The summed E-state index contributed by atoms with van der Waals surface area (Å²) < 4.78 is 7.33. The van der Waals surface area contributed by atoms with E-state index < -0.39 is 22.5 Å². The van der Waals surface area contributed by atoms with Crippen LogP contribution in [0.3, 0.4) is 0 Å². The standard InChI is InChI=1S/C22H17N5O6/c1-33-21(29)16-10-15(11-18(12-16)27(31)32)20(28)23-17-6-4-5-14(9-17)13-26-22(30)25-8-3-2-7-19(25)24-26/h2-12H,13H2,1H3,(H,23,28). The Morgan fingerprint density at radius 1 is 1.09 bits per heavy atom. The Kier molecular flexibility index (Phi) is 5.68. The Balaban J connectivity index is 1.58. The van der Waals surface area contributed by atoms with Crippen LogP contribution in [0.2, 0.25) is 0 Å². The maximum atomic E-state index is 12.7. The second-order valence-electron chi connectivity index (χ2n) is 7.04. The molecular weight excluding hydrogens is 430 g/mol. The lowest BCUT2D eigenvalue weighted by Crippen LogP contribution is -2.21. The van der Waals surface area contributed by atoms with Gasteiger partial charge in [-0.15, -0.1) is 5.10 Å². The van der Waals surface area contributed by atoms with E-state index in [-0.39, 0.29) is 23.4 Å². The number of hydrogen-bond acceptors (Lipinski definition) is 7.